The number of hydrogen-bond donors (Lipinski definition) is 1. The van der Waals surface area contributed by atoms with Crippen LogP contribution in [0.4, 0.5) is 5.82 Å². The standard InChI is InChI=1S/C18H26N4O4/c1-10(2)9-22-13(5)15(12(4)20-22)8-17(23)25-14(6)18(24)19-16-7-11(3)26-21-16/h7,10,14H,8-9H2,1-6H3,(H,19,21,24). The van der Waals surface area contributed by atoms with E-state index < -0.39 is 18.0 Å². The number of ether oxygens (including phenoxy) is 1. The summed E-state index contributed by atoms with van der Waals surface area (Å²) in [5.74, 6) is 0.387. The molecule has 0 bridgehead atoms. The topological polar surface area (TPSA) is 99.2 Å². The van der Waals surface area contributed by atoms with Crippen LogP contribution in [0.1, 0.15) is 43.5 Å². The minimum Gasteiger partial charge on any atom is -0.452 e. The zero-order chi connectivity index (χ0) is 19.4. The van der Waals surface area contributed by atoms with Crippen LogP contribution in [-0.4, -0.2) is 32.9 Å². The maximum absolute atomic E-state index is 12.2. The number of amides is 1. The highest BCUT2D eigenvalue weighted by atomic mass is 16.5. The zero-order valence-electron chi connectivity index (χ0n) is 16.1. The van der Waals surface area contributed by atoms with Crippen molar-refractivity contribution in [1.29, 1.82) is 0 Å². The average molecular weight is 362 g/mol. The Morgan fingerprint density at radius 2 is 1.96 bits per heavy atom. The maximum atomic E-state index is 12.2. The van der Waals surface area contributed by atoms with Crippen LogP contribution in [0.3, 0.4) is 0 Å². The number of nitrogens with one attached hydrogen (secondary N) is 1. The number of aromatic nitrogens is 3. The number of esters is 1. The number of anilines is 1. The van der Waals surface area contributed by atoms with Crippen molar-refractivity contribution in [2.45, 2.75) is 60.6 Å². The van der Waals surface area contributed by atoms with Crippen molar-refractivity contribution in [2.24, 2.45) is 5.92 Å². The molecule has 0 aliphatic rings. The third-order valence-corrected chi connectivity index (χ3v) is 3.95. The van der Waals surface area contributed by atoms with Crippen LogP contribution in [-0.2, 0) is 27.3 Å². The highest BCUT2D eigenvalue weighted by Gasteiger charge is 2.22. The van der Waals surface area contributed by atoms with Crippen LogP contribution in [0, 0.1) is 26.7 Å². The normalized spacial score (nSPS) is 12.3. The summed E-state index contributed by atoms with van der Waals surface area (Å²) in [5, 5.41) is 10.7. The Morgan fingerprint density at radius 3 is 2.54 bits per heavy atom. The van der Waals surface area contributed by atoms with Crippen molar-refractivity contribution in [3.05, 3.63) is 28.8 Å². The highest BCUT2D eigenvalue weighted by Crippen LogP contribution is 2.16. The molecule has 0 radical (unpaired) electrons. The first-order valence-corrected chi connectivity index (χ1v) is 8.64. The van der Waals surface area contributed by atoms with E-state index in [1.165, 1.54) is 6.92 Å². The van der Waals surface area contributed by atoms with E-state index in [9.17, 15) is 9.59 Å². The maximum Gasteiger partial charge on any atom is 0.311 e. The molecule has 1 atom stereocenters. The van der Waals surface area contributed by atoms with Crippen LogP contribution in [0.2, 0.25) is 0 Å². The molecular formula is C18H26N4O4. The van der Waals surface area contributed by atoms with E-state index in [0.717, 1.165) is 23.5 Å². The molecule has 2 rings (SSSR count). The fraction of sp³-hybridized carbons (Fsp3) is 0.556. The molecule has 1 amide bonds. The van der Waals surface area contributed by atoms with Gasteiger partial charge in [0.25, 0.3) is 5.91 Å². The lowest BCUT2D eigenvalue weighted by Crippen LogP contribution is -2.30. The van der Waals surface area contributed by atoms with Crippen LogP contribution in [0.25, 0.3) is 0 Å². The third-order valence-electron chi connectivity index (χ3n) is 3.95. The number of carbonyl (C=O) groups excluding carboxylic acids is 2. The number of carbonyl (C=O) groups is 2. The van der Waals surface area contributed by atoms with E-state index in [1.54, 1.807) is 13.0 Å². The van der Waals surface area contributed by atoms with Gasteiger partial charge in [0.15, 0.2) is 11.9 Å². The Labute approximate surface area is 152 Å². The first kappa shape index (κ1) is 19.7. The van der Waals surface area contributed by atoms with Crippen LogP contribution >= 0.6 is 0 Å². The summed E-state index contributed by atoms with van der Waals surface area (Å²) < 4.78 is 12.0. The molecule has 0 aliphatic carbocycles. The molecule has 26 heavy (non-hydrogen) atoms. The Hall–Kier alpha value is -2.64. The van der Waals surface area contributed by atoms with E-state index in [1.807, 2.05) is 18.5 Å². The van der Waals surface area contributed by atoms with Crippen molar-refractivity contribution in [1.82, 2.24) is 14.9 Å². The van der Waals surface area contributed by atoms with Gasteiger partial charge >= 0.3 is 5.97 Å². The van der Waals surface area contributed by atoms with Gasteiger partial charge in [-0.2, -0.15) is 5.10 Å². The van der Waals surface area contributed by atoms with Gasteiger partial charge in [-0.15, -0.1) is 0 Å². The first-order chi connectivity index (χ1) is 12.2. The second-order valence-electron chi connectivity index (χ2n) is 6.85. The smallest absolute Gasteiger partial charge is 0.311 e. The molecule has 8 nitrogen and oxygen atoms in total. The number of aryl methyl sites for hydroxylation is 2. The number of rotatable bonds is 7. The second-order valence-corrected chi connectivity index (χ2v) is 6.85. The summed E-state index contributed by atoms with van der Waals surface area (Å²) in [5.41, 5.74) is 2.59. The lowest BCUT2D eigenvalue weighted by molar-refractivity contribution is -0.152. The van der Waals surface area contributed by atoms with Gasteiger partial charge in [-0.3, -0.25) is 14.3 Å². The van der Waals surface area contributed by atoms with Crippen LogP contribution in [0.15, 0.2) is 10.6 Å². The van der Waals surface area contributed by atoms with Gasteiger partial charge in [0.2, 0.25) is 0 Å². The van der Waals surface area contributed by atoms with E-state index in [-0.39, 0.29) is 12.2 Å². The van der Waals surface area contributed by atoms with Crippen LogP contribution < -0.4 is 5.32 Å². The molecule has 2 heterocycles. The quantitative estimate of drug-likeness (QED) is 0.760. The highest BCUT2D eigenvalue weighted by molar-refractivity contribution is 5.94. The lowest BCUT2D eigenvalue weighted by Gasteiger charge is -2.12. The van der Waals surface area contributed by atoms with E-state index >= 15 is 0 Å². The lowest BCUT2D eigenvalue weighted by atomic mass is 10.1. The molecule has 1 unspecified atom stereocenters. The molecule has 0 aliphatic heterocycles. The minimum atomic E-state index is -0.939. The van der Waals surface area contributed by atoms with Gasteiger partial charge in [-0.05, 0) is 33.6 Å². The van der Waals surface area contributed by atoms with Crippen molar-refractivity contribution in [2.75, 3.05) is 5.32 Å². The van der Waals surface area contributed by atoms with Gasteiger partial charge in [0.1, 0.15) is 5.76 Å². The summed E-state index contributed by atoms with van der Waals surface area (Å²) in [6, 6.07) is 1.59. The molecule has 8 heteroatoms. The largest absolute Gasteiger partial charge is 0.452 e. The van der Waals surface area contributed by atoms with E-state index in [0.29, 0.717) is 11.7 Å². The van der Waals surface area contributed by atoms with Gasteiger partial charge in [0.05, 0.1) is 12.1 Å². The van der Waals surface area contributed by atoms with E-state index in [2.05, 4.69) is 29.4 Å². The molecular weight excluding hydrogens is 336 g/mol. The zero-order valence-corrected chi connectivity index (χ0v) is 16.1. The van der Waals surface area contributed by atoms with Gasteiger partial charge in [0, 0.05) is 23.9 Å². The Balaban J connectivity index is 1.95. The number of hydrogen-bond acceptors (Lipinski definition) is 6. The van der Waals surface area contributed by atoms with Gasteiger partial charge in [-0.1, -0.05) is 19.0 Å². The van der Waals surface area contributed by atoms with Crippen LogP contribution in [0.5, 0.6) is 0 Å². The summed E-state index contributed by atoms with van der Waals surface area (Å²) in [6.45, 7) is 12.1. The molecule has 2 aromatic heterocycles. The third kappa shape index (κ3) is 4.93. The fourth-order valence-electron chi connectivity index (χ4n) is 2.60. The average Bonchev–Trinajstić information content (AvgIpc) is 3.05. The van der Waals surface area contributed by atoms with Crippen molar-refractivity contribution < 1.29 is 18.8 Å². The fourth-order valence-corrected chi connectivity index (χ4v) is 2.60. The first-order valence-electron chi connectivity index (χ1n) is 8.64. The molecule has 0 aromatic carbocycles. The van der Waals surface area contributed by atoms with Crippen molar-refractivity contribution in [3.8, 4) is 0 Å². The SMILES string of the molecule is Cc1cc(NC(=O)C(C)OC(=O)Cc2c(C)nn(CC(C)C)c2C)no1. The predicted octanol–water partition coefficient (Wildman–Crippen LogP) is 2.57. The van der Waals surface area contributed by atoms with Gasteiger partial charge in [-0.25, -0.2) is 0 Å². The molecule has 2 aromatic rings. The molecule has 0 saturated heterocycles. The molecule has 1 N–H and O–H groups in total. The van der Waals surface area contributed by atoms with Crippen molar-refractivity contribution >= 4 is 17.7 Å². The second kappa shape index (κ2) is 8.16. The monoisotopic (exact) mass is 362 g/mol. The summed E-state index contributed by atoms with van der Waals surface area (Å²) in [6.07, 6.45) is -0.859. The Kier molecular flexibility index (Phi) is 6.18. The summed E-state index contributed by atoms with van der Waals surface area (Å²) in [7, 11) is 0. The molecule has 0 saturated carbocycles. The Bertz CT molecular complexity index is 791. The predicted molar refractivity (Wildman–Crippen MR) is 95.7 cm³/mol. The van der Waals surface area contributed by atoms with Crippen molar-refractivity contribution in [3.63, 3.8) is 0 Å². The Morgan fingerprint density at radius 1 is 1.27 bits per heavy atom. The minimum absolute atomic E-state index is 0.0798. The molecule has 0 fully saturated rings. The van der Waals surface area contributed by atoms with Gasteiger partial charge < -0.3 is 14.6 Å². The summed E-state index contributed by atoms with van der Waals surface area (Å²) >= 11 is 0. The molecule has 142 valence electrons. The van der Waals surface area contributed by atoms with E-state index in [4.69, 9.17) is 9.26 Å². The summed E-state index contributed by atoms with van der Waals surface area (Å²) in [4.78, 5) is 24.3. The molecule has 0 spiro atoms. The number of nitrogens with zero attached hydrogens (tertiary/aromatic N) is 3.